The molecule has 0 aliphatic rings. The Kier molecular flexibility index (Phi) is 4.57. The van der Waals surface area contributed by atoms with E-state index in [2.05, 4.69) is 4.74 Å². The zero-order valence-corrected chi connectivity index (χ0v) is 10.2. The predicted molar refractivity (Wildman–Crippen MR) is 60.2 cm³/mol. The molecule has 0 saturated heterocycles. The van der Waals surface area contributed by atoms with Crippen molar-refractivity contribution in [2.24, 2.45) is 0 Å². The molecule has 0 aliphatic carbocycles. The maximum absolute atomic E-state index is 12.0. The Morgan fingerprint density at radius 1 is 1.38 bits per heavy atom. The van der Waals surface area contributed by atoms with E-state index < -0.39 is 6.36 Å². The van der Waals surface area contributed by atoms with Crippen molar-refractivity contribution in [3.8, 4) is 5.75 Å². The molecule has 1 aromatic rings. The second-order valence-electron chi connectivity index (χ2n) is 3.02. The van der Waals surface area contributed by atoms with Crippen LogP contribution in [0.2, 0.25) is 0 Å². The van der Waals surface area contributed by atoms with E-state index in [0.717, 1.165) is 11.8 Å². The van der Waals surface area contributed by atoms with E-state index in [1.165, 1.54) is 12.1 Å². The van der Waals surface area contributed by atoms with Gasteiger partial charge in [0.05, 0.1) is 3.57 Å². The van der Waals surface area contributed by atoms with Crippen molar-refractivity contribution < 1.29 is 22.7 Å². The van der Waals surface area contributed by atoms with Crippen molar-refractivity contribution >= 4 is 28.9 Å². The fourth-order valence-electron chi connectivity index (χ4n) is 1.13. The predicted octanol–water partition coefficient (Wildman–Crippen LogP) is 3.32. The number of carbonyl (C=O) groups excluding carboxylic acids is 1. The zero-order valence-electron chi connectivity index (χ0n) is 8.05. The molecule has 0 aliphatic heterocycles. The molecule has 0 aromatic heterocycles. The number of hydrogen-bond donors (Lipinski definition) is 0. The second-order valence-corrected chi connectivity index (χ2v) is 4.18. The molecule has 0 unspecified atom stereocenters. The third-order valence-corrected chi connectivity index (χ3v) is 2.62. The standard InChI is InChI=1S/C10H8F3IO2/c11-10(12,13)16-9-4-3-7(2-1-5-15)6-8(9)14/h3-6H,1-2H2. The molecule has 0 N–H and O–H groups in total. The number of rotatable bonds is 4. The van der Waals surface area contributed by atoms with Crippen LogP contribution in [0.4, 0.5) is 13.2 Å². The molecule has 88 valence electrons. The Morgan fingerprint density at radius 3 is 2.56 bits per heavy atom. The van der Waals surface area contributed by atoms with Gasteiger partial charge in [-0.15, -0.1) is 13.2 Å². The molecule has 0 heterocycles. The normalized spacial score (nSPS) is 11.2. The van der Waals surface area contributed by atoms with Gasteiger partial charge in [-0.25, -0.2) is 0 Å². The van der Waals surface area contributed by atoms with Gasteiger partial charge in [-0.1, -0.05) is 6.07 Å². The molecular formula is C10H8F3IO2. The Hall–Kier alpha value is -0.790. The third-order valence-electron chi connectivity index (χ3n) is 1.77. The Bertz CT molecular complexity index is 377. The van der Waals surface area contributed by atoms with E-state index in [1.54, 1.807) is 28.7 Å². The van der Waals surface area contributed by atoms with Crippen molar-refractivity contribution in [3.63, 3.8) is 0 Å². The average molecular weight is 344 g/mol. The lowest BCUT2D eigenvalue weighted by atomic mass is 10.1. The SMILES string of the molecule is O=CCCc1ccc(OC(F)(F)F)c(I)c1. The first-order valence-electron chi connectivity index (χ1n) is 4.40. The monoisotopic (exact) mass is 344 g/mol. The minimum absolute atomic E-state index is 0.219. The summed E-state index contributed by atoms with van der Waals surface area (Å²) in [6.45, 7) is 0. The summed E-state index contributed by atoms with van der Waals surface area (Å²) in [5.74, 6) is -0.219. The number of aryl methyl sites for hydroxylation is 1. The van der Waals surface area contributed by atoms with Crippen molar-refractivity contribution in [3.05, 3.63) is 27.3 Å². The minimum atomic E-state index is -4.68. The fraction of sp³-hybridized carbons (Fsp3) is 0.300. The molecule has 16 heavy (non-hydrogen) atoms. The topological polar surface area (TPSA) is 26.3 Å². The summed E-state index contributed by atoms with van der Waals surface area (Å²) in [6, 6.07) is 4.35. The van der Waals surface area contributed by atoms with Crippen LogP contribution < -0.4 is 4.74 Å². The summed E-state index contributed by atoms with van der Waals surface area (Å²) in [4.78, 5) is 10.1. The number of benzene rings is 1. The Labute approximate surface area is 104 Å². The number of aldehydes is 1. The first-order chi connectivity index (χ1) is 7.42. The van der Waals surface area contributed by atoms with Crippen LogP contribution in [0.3, 0.4) is 0 Å². The van der Waals surface area contributed by atoms with Crippen molar-refractivity contribution in [2.75, 3.05) is 0 Å². The highest BCUT2D eigenvalue weighted by Gasteiger charge is 2.31. The average Bonchev–Trinajstić information content (AvgIpc) is 2.17. The van der Waals surface area contributed by atoms with Crippen LogP contribution in [0.25, 0.3) is 0 Å². The highest BCUT2D eigenvalue weighted by atomic mass is 127. The lowest BCUT2D eigenvalue weighted by molar-refractivity contribution is -0.274. The van der Waals surface area contributed by atoms with Crippen LogP contribution in [0, 0.1) is 3.57 Å². The first-order valence-corrected chi connectivity index (χ1v) is 5.48. The smallest absolute Gasteiger partial charge is 0.405 e. The van der Waals surface area contributed by atoms with E-state index in [-0.39, 0.29) is 5.75 Å². The highest BCUT2D eigenvalue weighted by molar-refractivity contribution is 14.1. The number of carbonyl (C=O) groups is 1. The third kappa shape index (κ3) is 4.38. The zero-order chi connectivity index (χ0) is 12.2. The van der Waals surface area contributed by atoms with E-state index in [1.807, 2.05) is 0 Å². The van der Waals surface area contributed by atoms with E-state index >= 15 is 0 Å². The molecule has 0 amide bonds. The van der Waals surface area contributed by atoms with Gasteiger partial charge >= 0.3 is 6.36 Å². The van der Waals surface area contributed by atoms with Crippen LogP contribution in [-0.4, -0.2) is 12.6 Å². The molecule has 0 spiro atoms. The summed E-state index contributed by atoms with van der Waals surface area (Å²) < 4.78 is 40.0. The Balaban J connectivity index is 2.79. The summed E-state index contributed by atoms with van der Waals surface area (Å²) in [5.41, 5.74) is 0.811. The number of halogens is 4. The minimum Gasteiger partial charge on any atom is -0.405 e. The van der Waals surface area contributed by atoms with Gasteiger partial charge in [0.1, 0.15) is 12.0 Å². The van der Waals surface area contributed by atoms with Crippen LogP contribution in [0.15, 0.2) is 18.2 Å². The van der Waals surface area contributed by atoms with Crippen molar-refractivity contribution in [2.45, 2.75) is 19.2 Å². The molecule has 6 heteroatoms. The molecule has 0 atom stereocenters. The molecular weight excluding hydrogens is 336 g/mol. The lowest BCUT2D eigenvalue weighted by Crippen LogP contribution is -2.17. The molecule has 1 aromatic carbocycles. The van der Waals surface area contributed by atoms with Gasteiger partial charge in [-0.05, 0) is 46.7 Å². The van der Waals surface area contributed by atoms with Gasteiger partial charge in [-0.2, -0.15) is 0 Å². The molecule has 0 fully saturated rings. The molecule has 0 saturated carbocycles. The van der Waals surface area contributed by atoms with Gasteiger partial charge in [0.15, 0.2) is 0 Å². The van der Waals surface area contributed by atoms with Crippen LogP contribution in [0.5, 0.6) is 5.75 Å². The van der Waals surface area contributed by atoms with Gasteiger partial charge in [0.25, 0.3) is 0 Å². The first kappa shape index (κ1) is 13.3. The number of ether oxygens (including phenoxy) is 1. The molecule has 1 rings (SSSR count). The van der Waals surface area contributed by atoms with Crippen LogP contribution in [-0.2, 0) is 11.2 Å². The van der Waals surface area contributed by atoms with Crippen molar-refractivity contribution in [1.82, 2.24) is 0 Å². The molecule has 2 nitrogen and oxygen atoms in total. The summed E-state index contributed by atoms with van der Waals surface area (Å²) >= 11 is 1.76. The molecule has 0 bridgehead atoms. The van der Waals surface area contributed by atoms with E-state index in [9.17, 15) is 18.0 Å². The van der Waals surface area contributed by atoms with Gasteiger partial charge in [0.2, 0.25) is 0 Å². The number of hydrogen-bond acceptors (Lipinski definition) is 2. The maximum atomic E-state index is 12.0. The van der Waals surface area contributed by atoms with Crippen LogP contribution >= 0.6 is 22.6 Å². The van der Waals surface area contributed by atoms with Crippen molar-refractivity contribution in [1.29, 1.82) is 0 Å². The van der Waals surface area contributed by atoms with E-state index in [0.29, 0.717) is 16.4 Å². The van der Waals surface area contributed by atoms with Gasteiger partial charge < -0.3 is 9.53 Å². The summed E-state index contributed by atoms with van der Waals surface area (Å²) in [6.07, 6.45) is -3.03. The number of alkyl halides is 3. The Morgan fingerprint density at radius 2 is 2.06 bits per heavy atom. The van der Waals surface area contributed by atoms with Crippen LogP contribution in [0.1, 0.15) is 12.0 Å². The van der Waals surface area contributed by atoms with Gasteiger partial charge in [0, 0.05) is 6.42 Å². The molecule has 0 radical (unpaired) electrons. The van der Waals surface area contributed by atoms with E-state index in [4.69, 9.17) is 0 Å². The highest BCUT2D eigenvalue weighted by Crippen LogP contribution is 2.28. The summed E-state index contributed by atoms with van der Waals surface area (Å²) in [5, 5.41) is 0. The quantitative estimate of drug-likeness (QED) is 0.619. The van der Waals surface area contributed by atoms with Gasteiger partial charge in [-0.3, -0.25) is 0 Å². The summed E-state index contributed by atoms with van der Waals surface area (Å²) in [7, 11) is 0. The fourth-order valence-corrected chi connectivity index (χ4v) is 1.82. The lowest BCUT2D eigenvalue weighted by Gasteiger charge is -2.11. The second kappa shape index (κ2) is 5.51. The largest absolute Gasteiger partial charge is 0.573 e. The maximum Gasteiger partial charge on any atom is 0.573 e.